The molecule has 0 bridgehead atoms. The summed E-state index contributed by atoms with van der Waals surface area (Å²) in [5.74, 6) is 0.655. The van der Waals surface area contributed by atoms with Crippen LogP contribution in [0.3, 0.4) is 0 Å². The average molecular weight is 262 g/mol. The van der Waals surface area contributed by atoms with E-state index in [4.69, 9.17) is 0 Å². The van der Waals surface area contributed by atoms with Crippen molar-refractivity contribution >= 4 is 17.3 Å². The number of carbonyl (C=O) groups is 1. The van der Waals surface area contributed by atoms with E-state index in [2.05, 4.69) is 31.4 Å². The van der Waals surface area contributed by atoms with Crippen LogP contribution in [0.25, 0.3) is 0 Å². The first-order valence-corrected chi connectivity index (χ1v) is 7.11. The molecule has 0 aliphatic heterocycles. The summed E-state index contributed by atoms with van der Waals surface area (Å²) < 4.78 is 0. The van der Waals surface area contributed by atoms with Crippen LogP contribution in [-0.2, 0) is 4.79 Å². The first kappa shape index (κ1) is 15.5. The van der Waals surface area contributed by atoms with E-state index in [1.54, 1.807) is 0 Å². The van der Waals surface area contributed by atoms with Crippen molar-refractivity contribution in [1.82, 2.24) is 0 Å². The fourth-order valence-electron chi connectivity index (χ4n) is 1.89. The minimum atomic E-state index is 0.00298. The van der Waals surface area contributed by atoms with Crippen molar-refractivity contribution < 1.29 is 4.79 Å². The number of rotatable bonds is 6. The molecule has 1 amide bonds. The molecule has 0 radical (unpaired) electrons. The summed E-state index contributed by atoms with van der Waals surface area (Å²) in [6.07, 6.45) is 1.10. The lowest BCUT2D eigenvalue weighted by atomic mass is 10.0. The van der Waals surface area contributed by atoms with Gasteiger partial charge in [-0.3, -0.25) is 4.79 Å². The number of amides is 1. The smallest absolute Gasteiger partial charge is 0.226 e. The highest BCUT2D eigenvalue weighted by Gasteiger charge is 2.11. The van der Waals surface area contributed by atoms with E-state index in [0.717, 1.165) is 17.8 Å². The SMILES string of the molecule is CCC(Nc1ccc(NC(=O)C(C)C)cc1)C(C)C. The molecule has 0 aromatic heterocycles. The Balaban J connectivity index is 2.63. The Morgan fingerprint density at radius 2 is 1.58 bits per heavy atom. The standard InChI is InChI=1S/C16H26N2O/c1-6-15(11(2)3)17-13-7-9-14(10-8-13)18-16(19)12(4)5/h7-12,15,17H,6H2,1-5H3,(H,18,19). The second-order valence-electron chi connectivity index (χ2n) is 5.62. The molecule has 1 atom stereocenters. The average Bonchev–Trinajstić information content (AvgIpc) is 2.37. The van der Waals surface area contributed by atoms with Gasteiger partial charge in [0, 0.05) is 23.3 Å². The molecule has 19 heavy (non-hydrogen) atoms. The Morgan fingerprint density at radius 1 is 1.05 bits per heavy atom. The highest BCUT2D eigenvalue weighted by molar-refractivity contribution is 5.92. The minimum absolute atomic E-state index is 0.00298. The van der Waals surface area contributed by atoms with Crippen molar-refractivity contribution in [3.63, 3.8) is 0 Å². The van der Waals surface area contributed by atoms with Gasteiger partial charge in [0.2, 0.25) is 5.91 Å². The van der Waals surface area contributed by atoms with Gasteiger partial charge in [-0.1, -0.05) is 34.6 Å². The van der Waals surface area contributed by atoms with E-state index < -0.39 is 0 Å². The summed E-state index contributed by atoms with van der Waals surface area (Å²) >= 11 is 0. The first-order chi connectivity index (χ1) is 8.93. The molecule has 1 aromatic rings. The lowest BCUT2D eigenvalue weighted by Gasteiger charge is -2.22. The molecule has 0 heterocycles. The van der Waals surface area contributed by atoms with Crippen molar-refractivity contribution in [3.05, 3.63) is 24.3 Å². The van der Waals surface area contributed by atoms with Gasteiger partial charge in [-0.25, -0.2) is 0 Å². The molecule has 1 unspecified atom stereocenters. The molecule has 0 spiro atoms. The molecular weight excluding hydrogens is 236 g/mol. The maximum absolute atomic E-state index is 11.6. The lowest BCUT2D eigenvalue weighted by Crippen LogP contribution is -2.24. The van der Waals surface area contributed by atoms with E-state index in [1.165, 1.54) is 0 Å². The second kappa shape index (κ2) is 7.17. The number of nitrogens with one attached hydrogen (secondary N) is 2. The third-order valence-electron chi connectivity index (χ3n) is 3.27. The Labute approximate surface area is 116 Å². The zero-order valence-corrected chi connectivity index (χ0v) is 12.7. The first-order valence-electron chi connectivity index (χ1n) is 7.11. The maximum atomic E-state index is 11.6. The molecule has 0 saturated carbocycles. The van der Waals surface area contributed by atoms with Crippen LogP contribution < -0.4 is 10.6 Å². The topological polar surface area (TPSA) is 41.1 Å². The summed E-state index contributed by atoms with van der Waals surface area (Å²) in [5.41, 5.74) is 1.95. The van der Waals surface area contributed by atoms with Gasteiger partial charge in [0.1, 0.15) is 0 Å². The fourth-order valence-corrected chi connectivity index (χ4v) is 1.89. The van der Waals surface area contributed by atoms with Crippen molar-refractivity contribution in [2.24, 2.45) is 11.8 Å². The van der Waals surface area contributed by atoms with Gasteiger partial charge in [-0.05, 0) is 36.6 Å². The Morgan fingerprint density at radius 3 is 2.00 bits per heavy atom. The lowest BCUT2D eigenvalue weighted by molar-refractivity contribution is -0.118. The minimum Gasteiger partial charge on any atom is -0.382 e. The zero-order chi connectivity index (χ0) is 14.4. The maximum Gasteiger partial charge on any atom is 0.226 e. The van der Waals surface area contributed by atoms with Gasteiger partial charge in [0.15, 0.2) is 0 Å². The normalized spacial score (nSPS) is 12.6. The third-order valence-corrected chi connectivity index (χ3v) is 3.27. The van der Waals surface area contributed by atoms with Gasteiger partial charge in [-0.2, -0.15) is 0 Å². The summed E-state index contributed by atoms with van der Waals surface area (Å²) in [4.78, 5) is 11.6. The van der Waals surface area contributed by atoms with Crippen LogP contribution in [0, 0.1) is 11.8 Å². The van der Waals surface area contributed by atoms with Gasteiger partial charge >= 0.3 is 0 Å². The largest absolute Gasteiger partial charge is 0.382 e. The molecule has 1 rings (SSSR count). The van der Waals surface area contributed by atoms with E-state index in [0.29, 0.717) is 12.0 Å². The molecule has 1 aromatic carbocycles. The summed E-state index contributed by atoms with van der Waals surface area (Å²) in [6.45, 7) is 10.4. The van der Waals surface area contributed by atoms with E-state index >= 15 is 0 Å². The summed E-state index contributed by atoms with van der Waals surface area (Å²) in [7, 11) is 0. The van der Waals surface area contributed by atoms with E-state index in [1.807, 2.05) is 38.1 Å². The molecule has 0 fully saturated rings. The Hall–Kier alpha value is -1.51. The number of benzene rings is 1. The van der Waals surface area contributed by atoms with Crippen LogP contribution in [0.1, 0.15) is 41.0 Å². The summed E-state index contributed by atoms with van der Waals surface area (Å²) in [6, 6.07) is 8.39. The van der Waals surface area contributed by atoms with Crippen molar-refractivity contribution in [2.75, 3.05) is 10.6 Å². The molecule has 2 N–H and O–H groups in total. The highest BCUT2D eigenvalue weighted by Crippen LogP contribution is 2.18. The van der Waals surface area contributed by atoms with Gasteiger partial charge in [0.05, 0.1) is 0 Å². The van der Waals surface area contributed by atoms with Crippen LogP contribution in [0.15, 0.2) is 24.3 Å². The molecule has 0 aliphatic carbocycles. The van der Waals surface area contributed by atoms with Crippen LogP contribution in [0.5, 0.6) is 0 Å². The zero-order valence-electron chi connectivity index (χ0n) is 12.7. The van der Waals surface area contributed by atoms with Gasteiger partial charge in [-0.15, -0.1) is 0 Å². The van der Waals surface area contributed by atoms with Gasteiger partial charge < -0.3 is 10.6 Å². The monoisotopic (exact) mass is 262 g/mol. The molecule has 3 heteroatoms. The Kier molecular flexibility index (Phi) is 5.87. The highest BCUT2D eigenvalue weighted by atomic mass is 16.1. The van der Waals surface area contributed by atoms with Crippen molar-refractivity contribution in [2.45, 2.75) is 47.1 Å². The van der Waals surface area contributed by atoms with Crippen LogP contribution in [0.2, 0.25) is 0 Å². The molecule has 3 nitrogen and oxygen atoms in total. The quantitative estimate of drug-likeness (QED) is 0.809. The van der Waals surface area contributed by atoms with Crippen LogP contribution in [-0.4, -0.2) is 11.9 Å². The van der Waals surface area contributed by atoms with E-state index in [-0.39, 0.29) is 11.8 Å². The summed E-state index contributed by atoms with van der Waals surface area (Å²) in [5, 5.41) is 6.41. The van der Waals surface area contributed by atoms with Crippen molar-refractivity contribution in [1.29, 1.82) is 0 Å². The number of carbonyl (C=O) groups excluding carboxylic acids is 1. The predicted molar refractivity (Wildman–Crippen MR) is 82.4 cm³/mol. The Bertz CT molecular complexity index is 396. The van der Waals surface area contributed by atoms with Crippen LogP contribution >= 0.6 is 0 Å². The number of anilines is 2. The van der Waals surface area contributed by atoms with Crippen LogP contribution in [0.4, 0.5) is 11.4 Å². The molecule has 0 saturated heterocycles. The second-order valence-corrected chi connectivity index (χ2v) is 5.62. The number of hydrogen-bond donors (Lipinski definition) is 2. The predicted octanol–water partition coefficient (Wildman–Crippen LogP) is 4.13. The molecule has 0 aliphatic rings. The fraction of sp³-hybridized carbons (Fsp3) is 0.562. The molecule has 106 valence electrons. The number of hydrogen-bond acceptors (Lipinski definition) is 2. The third kappa shape index (κ3) is 4.93. The van der Waals surface area contributed by atoms with Crippen molar-refractivity contribution in [3.8, 4) is 0 Å². The van der Waals surface area contributed by atoms with Gasteiger partial charge in [0.25, 0.3) is 0 Å². The molecular formula is C16H26N2O. The van der Waals surface area contributed by atoms with E-state index in [9.17, 15) is 4.79 Å².